The van der Waals surface area contributed by atoms with Gasteiger partial charge in [0, 0.05) is 5.39 Å². The van der Waals surface area contributed by atoms with Gasteiger partial charge in [0.05, 0.1) is 18.0 Å². The summed E-state index contributed by atoms with van der Waals surface area (Å²) in [5.74, 6) is -0.388. The summed E-state index contributed by atoms with van der Waals surface area (Å²) < 4.78 is 26.5. The Labute approximate surface area is 188 Å². The summed E-state index contributed by atoms with van der Waals surface area (Å²) in [7, 11) is -3.70. The molecule has 0 spiro atoms. The first-order valence-corrected chi connectivity index (χ1v) is 12.1. The van der Waals surface area contributed by atoms with Crippen molar-refractivity contribution in [1.82, 2.24) is 5.32 Å². The molecular formula is C26H24N2O3S. The molecule has 0 fully saturated rings. The number of carbonyl (C=O) groups is 1. The number of sulfonamides is 1. The highest BCUT2D eigenvalue weighted by Crippen LogP contribution is 2.28. The molecule has 4 aromatic rings. The third-order valence-electron chi connectivity index (χ3n) is 5.29. The van der Waals surface area contributed by atoms with E-state index in [-0.39, 0.29) is 18.5 Å². The molecule has 162 valence electrons. The summed E-state index contributed by atoms with van der Waals surface area (Å²) in [5, 5.41) is 4.71. The first-order chi connectivity index (χ1) is 15.4. The Bertz CT molecular complexity index is 1280. The average molecular weight is 445 g/mol. The Kier molecular flexibility index (Phi) is 6.23. The third kappa shape index (κ3) is 4.81. The van der Waals surface area contributed by atoms with Crippen LogP contribution in [0.15, 0.2) is 103 Å². The Hall–Kier alpha value is -3.64. The number of amides is 1. The number of fused-ring (bicyclic) bond motifs is 1. The molecule has 6 heteroatoms. The Morgan fingerprint density at radius 3 is 1.91 bits per heavy atom. The monoisotopic (exact) mass is 444 g/mol. The van der Waals surface area contributed by atoms with Crippen molar-refractivity contribution in [2.75, 3.05) is 17.1 Å². The zero-order chi connectivity index (χ0) is 22.6. The maximum absolute atomic E-state index is 13.1. The molecule has 0 unspecified atom stereocenters. The Balaban J connectivity index is 1.66. The van der Waals surface area contributed by atoms with Crippen molar-refractivity contribution in [1.29, 1.82) is 0 Å². The van der Waals surface area contributed by atoms with Crippen LogP contribution in [-0.2, 0) is 14.8 Å². The van der Waals surface area contributed by atoms with E-state index < -0.39 is 10.0 Å². The number of nitrogens with one attached hydrogen (secondary N) is 1. The summed E-state index contributed by atoms with van der Waals surface area (Å²) in [6, 6.07) is 31.8. The standard InChI is InChI=1S/C26H24N2O3S/c1-32(30,31)28(24-18-10-16-20-11-8-9-17-23(20)24)19-25(29)27-26(21-12-4-2-5-13-21)22-14-6-3-7-15-22/h2-18,26H,19H2,1H3,(H,27,29). The molecule has 1 amide bonds. The van der Waals surface area contributed by atoms with Gasteiger partial charge in [0.25, 0.3) is 0 Å². The highest BCUT2D eigenvalue weighted by molar-refractivity contribution is 7.92. The third-order valence-corrected chi connectivity index (χ3v) is 6.42. The van der Waals surface area contributed by atoms with E-state index in [2.05, 4.69) is 5.32 Å². The van der Waals surface area contributed by atoms with Gasteiger partial charge in [-0.25, -0.2) is 8.42 Å². The molecule has 0 atom stereocenters. The van der Waals surface area contributed by atoms with Crippen molar-refractivity contribution in [3.05, 3.63) is 114 Å². The minimum absolute atomic E-state index is 0.316. The van der Waals surface area contributed by atoms with E-state index in [1.54, 1.807) is 12.1 Å². The second kappa shape index (κ2) is 9.24. The van der Waals surface area contributed by atoms with Crippen molar-refractivity contribution >= 4 is 32.4 Å². The summed E-state index contributed by atoms with van der Waals surface area (Å²) in [5.41, 5.74) is 2.32. The van der Waals surface area contributed by atoms with Crippen molar-refractivity contribution in [3.63, 3.8) is 0 Å². The van der Waals surface area contributed by atoms with Gasteiger partial charge < -0.3 is 5.32 Å². The van der Waals surface area contributed by atoms with Gasteiger partial charge in [0.1, 0.15) is 6.54 Å². The number of rotatable bonds is 7. The zero-order valence-corrected chi connectivity index (χ0v) is 18.5. The van der Waals surface area contributed by atoms with Crippen LogP contribution in [-0.4, -0.2) is 27.1 Å². The highest BCUT2D eigenvalue weighted by atomic mass is 32.2. The molecule has 0 aliphatic carbocycles. The fourth-order valence-corrected chi connectivity index (χ4v) is 4.66. The van der Waals surface area contributed by atoms with Gasteiger partial charge in [-0.1, -0.05) is 97.1 Å². The first kappa shape index (κ1) is 21.6. The molecule has 4 aromatic carbocycles. The number of hydrogen-bond donors (Lipinski definition) is 1. The minimum Gasteiger partial charge on any atom is -0.344 e. The lowest BCUT2D eigenvalue weighted by atomic mass is 9.99. The smallest absolute Gasteiger partial charge is 0.241 e. The quantitative estimate of drug-likeness (QED) is 0.456. The molecule has 1 N–H and O–H groups in total. The minimum atomic E-state index is -3.70. The molecule has 0 aliphatic rings. The van der Waals surface area contributed by atoms with Gasteiger partial charge in [-0.2, -0.15) is 0 Å². The van der Waals surface area contributed by atoms with Gasteiger partial charge in [-0.15, -0.1) is 0 Å². The van der Waals surface area contributed by atoms with Crippen molar-refractivity contribution < 1.29 is 13.2 Å². The zero-order valence-electron chi connectivity index (χ0n) is 17.7. The average Bonchev–Trinajstić information content (AvgIpc) is 2.81. The number of nitrogens with zero attached hydrogens (tertiary/aromatic N) is 1. The fourth-order valence-electron chi connectivity index (χ4n) is 3.79. The molecule has 0 aliphatic heterocycles. The predicted octanol–water partition coefficient (Wildman–Crippen LogP) is 4.51. The molecule has 0 saturated carbocycles. The molecule has 5 nitrogen and oxygen atoms in total. The van der Waals surface area contributed by atoms with Crippen LogP contribution in [0.3, 0.4) is 0 Å². The van der Waals surface area contributed by atoms with E-state index in [4.69, 9.17) is 0 Å². The topological polar surface area (TPSA) is 66.5 Å². The van der Waals surface area contributed by atoms with Crippen molar-refractivity contribution in [2.45, 2.75) is 6.04 Å². The lowest BCUT2D eigenvalue weighted by Crippen LogP contribution is -2.41. The van der Waals surface area contributed by atoms with Crippen molar-refractivity contribution in [3.8, 4) is 0 Å². The van der Waals surface area contributed by atoms with Crippen LogP contribution in [0.1, 0.15) is 17.2 Å². The Morgan fingerprint density at radius 1 is 0.781 bits per heavy atom. The summed E-state index contributed by atoms with van der Waals surface area (Å²) >= 11 is 0. The summed E-state index contributed by atoms with van der Waals surface area (Å²) in [6.07, 6.45) is 1.12. The molecular weight excluding hydrogens is 420 g/mol. The SMILES string of the molecule is CS(=O)(=O)N(CC(=O)NC(c1ccccc1)c1ccccc1)c1cccc2ccccc12. The molecule has 0 bridgehead atoms. The normalized spacial score (nSPS) is 11.4. The van der Waals surface area contributed by atoms with E-state index in [1.807, 2.05) is 91.0 Å². The number of anilines is 1. The highest BCUT2D eigenvalue weighted by Gasteiger charge is 2.24. The van der Waals surface area contributed by atoms with E-state index in [1.165, 1.54) is 0 Å². The second-order valence-corrected chi connectivity index (χ2v) is 9.50. The van der Waals surface area contributed by atoms with E-state index in [0.717, 1.165) is 32.5 Å². The molecule has 32 heavy (non-hydrogen) atoms. The number of hydrogen-bond acceptors (Lipinski definition) is 3. The van der Waals surface area contributed by atoms with Crippen molar-refractivity contribution in [2.24, 2.45) is 0 Å². The molecule has 0 aromatic heterocycles. The summed E-state index contributed by atoms with van der Waals surface area (Å²) in [6.45, 7) is -0.316. The van der Waals surface area contributed by atoms with E-state index >= 15 is 0 Å². The van der Waals surface area contributed by atoms with Crippen LogP contribution in [0, 0.1) is 0 Å². The lowest BCUT2D eigenvalue weighted by molar-refractivity contribution is -0.120. The van der Waals surface area contributed by atoms with Gasteiger partial charge in [0.15, 0.2) is 0 Å². The molecule has 0 saturated heterocycles. The summed E-state index contributed by atoms with van der Waals surface area (Å²) in [4.78, 5) is 13.1. The van der Waals surface area contributed by atoms with Crippen LogP contribution in [0.25, 0.3) is 10.8 Å². The van der Waals surface area contributed by atoms with Gasteiger partial charge in [0.2, 0.25) is 15.9 Å². The largest absolute Gasteiger partial charge is 0.344 e. The second-order valence-electron chi connectivity index (χ2n) is 7.59. The maximum Gasteiger partial charge on any atom is 0.241 e. The number of carbonyl (C=O) groups excluding carboxylic acids is 1. The van der Waals surface area contributed by atoms with Gasteiger partial charge in [-0.3, -0.25) is 9.10 Å². The predicted molar refractivity (Wildman–Crippen MR) is 129 cm³/mol. The fraction of sp³-hybridized carbons (Fsp3) is 0.115. The molecule has 0 radical (unpaired) electrons. The first-order valence-electron chi connectivity index (χ1n) is 10.3. The van der Waals surface area contributed by atoms with Crippen LogP contribution in [0.5, 0.6) is 0 Å². The van der Waals surface area contributed by atoms with Crippen LogP contribution in [0.2, 0.25) is 0 Å². The van der Waals surface area contributed by atoms with Crippen LogP contribution < -0.4 is 9.62 Å². The van der Waals surface area contributed by atoms with E-state index in [9.17, 15) is 13.2 Å². The molecule has 4 rings (SSSR count). The number of benzene rings is 4. The van der Waals surface area contributed by atoms with Gasteiger partial charge in [-0.05, 0) is 22.6 Å². The van der Waals surface area contributed by atoms with Crippen LogP contribution >= 0.6 is 0 Å². The molecule has 0 heterocycles. The van der Waals surface area contributed by atoms with Gasteiger partial charge >= 0.3 is 0 Å². The van der Waals surface area contributed by atoms with E-state index in [0.29, 0.717) is 5.69 Å². The Morgan fingerprint density at radius 2 is 1.31 bits per heavy atom. The van der Waals surface area contributed by atoms with Crippen LogP contribution in [0.4, 0.5) is 5.69 Å². The maximum atomic E-state index is 13.1. The lowest BCUT2D eigenvalue weighted by Gasteiger charge is -2.25.